The molecule has 0 saturated heterocycles. The molecule has 5 heteroatoms. The Bertz CT molecular complexity index is 734. The molecule has 0 amide bonds. The SMILES string of the molecule is CC(NCc1ccc(Br)c(Br)c1)c1nc2ccccc2[nH]1. The molecule has 3 rings (SSSR count). The van der Waals surface area contributed by atoms with E-state index in [1.165, 1.54) is 5.56 Å². The zero-order chi connectivity index (χ0) is 14.8. The lowest BCUT2D eigenvalue weighted by molar-refractivity contribution is 0.552. The number of nitrogens with one attached hydrogen (secondary N) is 2. The van der Waals surface area contributed by atoms with Crippen LogP contribution in [0.2, 0.25) is 0 Å². The van der Waals surface area contributed by atoms with Crippen molar-refractivity contribution in [3.8, 4) is 0 Å². The average molecular weight is 409 g/mol. The number of benzene rings is 2. The monoisotopic (exact) mass is 407 g/mol. The van der Waals surface area contributed by atoms with Gasteiger partial charge in [0.2, 0.25) is 0 Å². The van der Waals surface area contributed by atoms with Gasteiger partial charge in [0.1, 0.15) is 5.82 Å². The van der Waals surface area contributed by atoms with Gasteiger partial charge < -0.3 is 10.3 Å². The van der Waals surface area contributed by atoms with Crippen LogP contribution < -0.4 is 5.32 Å². The van der Waals surface area contributed by atoms with Crippen LogP contribution in [0.3, 0.4) is 0 Å². The molecule has 1 unspecified atom stereocenters. The molecule has 1 atom stereocenters. The van der Waals surface area contributed by atoms with Crippen molar-refractivity contribution in [2.45, 2.75) is 19.5 Å². The van der Waals surface area contributed by atoms with E-state index < -0.39 is 0 Å². The maximum absolute atomic E-state index is 4.62. The number of hydrogen-bond acceptors (Lipinski definition) is 2. The van der Waals surface area contributed by atoms with E-state index in [1.54, 1.807) is 0 Å². The third kappa shape index (κ3) is 3.36. The van der Waals surface area contributed by atoms with Gasteiger partial charge in [-0.15, -0.1) is 0 Å². The Morgan fingerprint density at radius 1 is 1.14 bits per heavy atom. The van der Waals surface area contributed by atoms with Crippen molar-refractivity contribution < 1.29 is 0 Å². The van der Waals surface area contributed by atoms with Crippen LogP contribution in [0.15, 0.2) is 51.4 Å². The lowest BCUT2D eigenvalue weighted by atomic mass is 10.2. The van der Waals surface area contributed by atoms with Crippen molar-refractivity contribution in [2.75, 3.05) is 0 Å². The van der Waals surface area contributed by atoms with Gasteiger partial charge >= 0.3 is 0 Å². The number of H-pyrrole nitrogens is 1. The van der Waals surface area contributed by atoms with Crippen LogP contribution in [0.25, 0.3) is 11.0 Å². The number of aromatic nitrogens is 2. The van der Waals surface area contributed by atoms with Gasteiger partial charge in [-0.2, -0.15) is 0 Å². The minimum absolute atomic E-state index is 0.167. The summed E-state index contributed by atoms with van der Waals surface area (Å²) < 4.78 is 2.13. The minimum atomic E-state index is 0.167. The second-order valence-electron chi connectivity index (χ2n) is 4.99. The summed E-state index contributed by atoms with van der Waals surface area (Å²) in [6, 6.07) is 14.5. The first kappa shape index (κ1) is 14.8. The van der Waals surface area contributed by atoms with E-state index in [2.05, 4.69) is 66.2 Å². The number of halogens is 2. The van der Waals surface area contributed by atoms with Crippen LogP contribution in [0.5, 0.6) is 0 Å². The van der Waals surface area contributed by atoms with Gasteiger partial charge in [-0.1, -0.05) is 18.2 Å². The summed E-state index contributed by atoms with van der Waals surface area (Å²) in [5, 5.41) is 3.49. The number of nitrogens with zero attached hydrogens (tertiary/aromatic N) is 1. The molecule has 0 fully saturated rings. The third-order valence-corrected chi connectivity index (χ3v) is 5.29. The standard InChI is InChI=1S/C16H15Br2N3/c1-10(16-20-14-4-2-3-5-15(14)21-16)19-9-11-6-7-12(17)13(18)8-11/h2-8,10,19H,9H2,1H3,(H,20,21). The van der Waals surface area contributed by atoms with E-state index in [9.17, 15) is 0 Å². The summed E-state index contributed by atoms with van der Waals surface area (Å²) >= 11 is 7.01. The topological polar surface area (TPSA) is 40.7 Å². The van der Waals surface area contributed by atoms with Gasteiger partial charge in [0.15, 0.2) is 0 Å². The van der Waals surface area contributed by atoms with Gasteiger partial charge in [0, 0.05) is 15.5 Å². The molecule has 0 radical (unpaired) electrons. The van der Waals surface area contributed by atoms with E-state index in [4.69, 9.17) is 0 Å². The molecular weight excluding hydrogens is 394 g/mol. The van der Waals surface area contributed by atoms with E-state index in [0.29, 0.717) is 0 Å². The number of aromatic amines is 1. The van der Waals surface area contributed by atoms with Crippen molar-refractivity contribution in [3.05, 3.63) is 62.8 Å². The molecule has 3 aromatic rings. The van der Waals surface area contributed by atoms with Crippen LogP contribution in [-0.4, -0.2) is 9.97 Å². The van der Waals surface area contributed by atoms with Crippen molar-refractivity contribution in [1.82, 2.24) is 15.3 Å². The molecule has 108 valence electrons. The Kier molecular flexibility index (Phi) is 4.42. The van der Waals surface area contributed by atoms with E-state index in [-0.39, 0.29) is 6.04 Å². The number of para-hydroxylation sites is 2. The molecule has 0 aliphatic rings. The second kappa shape index (κ2) is 6.30. The molecule has 1 aromatic heterocycles. The van der Waals surface area contributed by atoms with Gasteiger partial charge in [-0.3, -0.25) is 0 Å². The molecule has 21 heavy (non-hydrogen) atoms. The Labute approximate surface area is 140 Å². The number of imidazole rings is 1. The predicted molar refractivity (Wildman–Crippen MR) is 93.2 cm³/mol. The maximum Gasteiger partial charge on any atom is 0.124 e. The second-order valence-corrected chi connectivity index (χ2v) is 6.70. The Morgan fingerprint density at radius 2 is 1.95 bits per heavy atom. The quantitative estimate of drug-likeness (QED) is 0.641. The molecule has 3 nitrogen and oxygen atoms in total. The molecule has 0 spiro atoms. The Morgan fingerprint density at radius 3 is 2.71 bits per heavy atom. The summed E-state index contributed by atoms with van der Waals surface area (Å²) in [5.74, 6) is 0.965. The lowest BCUT2D eigenvalue weighted by Gasteiger charge is -2.11. The lowest BCUT2D eigenvalue weighted by Crippen LogP contribution is -2.19. The third-order valence-electron chi connectivity index (χ3n) is 3.41. The fourth-order valence-electron chi connectivity index (χ4n) is 2.19. The van der Waals surface area contributed by atoms with Crippen molar-refractivity contribution >= 4 is 42.9 Å². The first-order valence-electron chi connectivity index (χ1n) is 6.75. The van der Waals surface area contributed by atoms with E-state index in [1.807, 2.05) is 30.3 Å². The van der Waals surface area contributed by atoms with E-state index >= 15 is 0 Å². The highest BCUT2D eigenvalue weighted by molar-refractivity contribution is 9.13. The largest absolute Gasteiger partial charge is 0.341 e. The molecule has 2 N–H and O–H groups in total. The smallest absolute Gasteiger partial charge is 0.124 e. The van der Waals surface area contributed by atoms with Gasteiger partial charge in [-0.05, 0) is 68.6 Å². The molecular formula is C16H15Br2N3. The fourth-order valence-corrected chi connectivity index (χ4v) is 2.87. The summed E-state index contributed by atoms with van der Waals surface area (Å²) in [4.78, 5) is 7.98. The van der Waals surface area contributed by atoms with Gasteiger partial charge in [0.05, 0.1) is 17.1 Å². The molecule has 0 bridgehead atoms. The predicted octanol–water partition coefficient (Wildman–Crippen LogP) is 4.94. The van der Waals surface area contributed by atoms with Crippen LogP contribution >= 0.6 is 31.9 Å². The number of hydrogen-bond donors (Lipinski definition) is 2. The van der Waals surface area contributed by atoms with Crippen LogP contribution in [-0.2, 0) is 6.54 Å². The summed E-state index contributed by atoms with van der Waals surface area (Å²) in [5.41, 5.74) is 3.31. The maximum atomic E-state index is 4.62. The van der Waals surface area contributed by atoms with Crippen LogP contribution in [0.4, 0.5) is 0 Å². The fraction of sp³-hybridized carbons (Fsp3) is 0.188. The van der Waals surface area contributed by atoms with Crippen LogP contribution in [0, 0.1) is 0 Å². The van der Waals surface area contributed by atoms with Crippen molar-refractivity contribution in [3.63, 3.8) is 0 Å². The molecule has 0 aliphatic heterocycles. The molecule has 0 aliphatic carbocycles. The highest BCUT2D eigenvalue weighted by Gasteiger charge is 2.10. The molecule has 2 aromatic carbocycles. The number of fused-ring (bicyclic) bond motifs is 1. The zero-order valence-corrected chi connectivity index (χ0v) is 14.7. The molecule has 0 saturated carbocycles. The van der Waals surface area contributed by atoms with Crippen molar-refractivity contribution in [2.24, 2.45) is 0 Å². The first-order valence-corrected chi connectivity index (χ1v) is 8.34. The Balaban J connectivity index is 1.70. The highest BCUT2D eigenvalue weighted by Crippen LogP contribution is 2.24. The van der Waals surface area contributed by atoms with Crippen molar-refractivity contribution in [1.29, 1.82) is 0 Å². The zero-order valence-electron chi connectivity index (χ0n) is 11.5. The Hall–Kier alpha value is -1.17. The summed E-state index contributed by atoms with van der Waals surface area (Å²) in [6.07, 6.45) is 0. The molecule has 1 heterocycles. The number of rotatable bonds is 4. The normalized spacial score (nSPS) is 12.7. The summed E-state index contributed by atoms with van der Waals surface area (Å²) in [7, 11) is 0. The highest BCUT2D eigenvalue weighted by atomic mass is 79.9. The average Bonchev–Trinajstić information content (AvgIpc) is 2.92. The minimum Gasteiger partial charge on any atom is -0.341 e. The van der Waals surface area contributed by atoms with E-state index in [0.717, 1.165) is 32.3 Å². The van der Waals surface area contributed by atoms with Crippen LogP contribution in [0.1, 0.15) is 24.4 Å². The van der Waals surface area contributed by atoms with Gasteiger partial charge in [-0.25, -0.2) is 4.98 Å². The first-order chi connectivity index (χ1) is 10.1. The van der Waals surface area contributed by atoms with Gasteiger partial charge in [0.25, 0.3) is 0 Å². The summed E-state index contributed by atoms with van der Waals surface area (Å²) in [6.45, 7) is 2.91.